The Labute approximate surface area is 253 Å². The maximum absolute atomic E-state index is 11.4. The number of nitrogen functional groups attached to an aromatic ring is 1. The molecule has 44 heavy (non-hydrogen) atoms. The van der Waals surface area contributed by atoms with E-state index < -0.39 is 12.1 Å². The van der Waals surface area contributed by atoms with Crippen LogP contribution in [0.25, 0.3) is 32.8 Å². The molecule has 4 N–H and O–H groups in total. The number of anilines is 1. The molecule has 4 heterocycles. The van der Waals surface area contributed by atoms with Crippen molar-refractivity contribution in [2.75, 3.05) is 12.3 Å². The Bertz CT molecular complexity index is 1980. The van der Waals surface area contributed by atoms with Gasteiger partial charge in [-0.3, -0.25) is 9.97 Å². The molecule has 2 aromatic carbocycles. The van der Waals surface area contributed by atoms with Crippen molar-refractivity contribution in [3.05, 3.63) is 109 Å². The second-order valence-corrected chi connectivity index (χ2v) is 10.2. The van der Waals surface area contributed by atoms with Crippen LogP contribution in [0.5, 0.6) is 5.75 Å². The number of ether oxygens (including phenoxy) is 1. The van der Waals surface area contributed by atoms with Crippen molar-refractivity contribution in [3.8, 4) is 28.7 Å². The minimum atomic E-state index is -1.11. The number of nitrogens with one attached hydrogen (secondary N) is 1. The predicted octanol–water partition coefficient (Wildman–Crippen LogP) is 5.32. The van der Waals surface area contributed by atoms with Gasteiger partial charge in [0.15, 0.2) is 0 Å². The Morgan fingerprint density at radius 1 is 1.02 bits per heavy atom. The smallest absolute Gasteiger partial charge is 0.405 e. The molecule has 0 radical (unpaired) electrons. The molecular formula is C34H29N7O3. The normalized spacial score (nSPS) is 11.5. The quantitative estimate of drug-likeness (QED) is 0.153. The van der Waals surface area contributed by atoms with E-state index in [1.165, 1.54) is 0 Å². The predicted molar refractivity (Wildman–Crippen MR) is 169 cm³/mol. The summed E-state index contributed by atoms with van der Waals surface area (Å²) < 4.78 is 8.04. The number of carboxylic acid groups (broad SMARTS) is 1. The number of aryl methyl sites for hydroxylation is 1. The largest absolute Gasteiger partial charge is 0.490 e. The fraction of sp³-hybridized carbons (Fsp3) is 0.147. The zero-order valence-electron chi connectivity index (χ0n) is 23.7. The van der Waals surface area contributed by atoms with Crippen LogP contribution >= 0.6 is 0 Å². The van der Waals surface area contributed by atoms with Crippen LogP contribution < -0.4 is 15.8 Å². The van der Waals surface area contributed by atoms with Gasteiger partial charge in [0.25, 0.3) is 0 Å². The Hall–Kier alpha value is -5.95. The van der Waals surface area contributed by atoms with Crippen molar-refractivity contribution < 1.29 is 14.6 Å². The average Bonchev–Trinajstić information content (AvgIpc) is 3.56. The molecule has 10 heteroatoms. The van der Waals surface area contributed by atoms with Crippen LogP contribution in [0.2, 0.25) is 0 Å². The molecule has 0 spiro atoms. The van der Waals surface area contributed by atoms with E-state index in [9.17, 15) is 9.90 Å². The van der Waals surface area contributed by atoms with E-state index in [2.05, 4.69) is 37.1 Å². The molecule has 0 saturated heterocycles. The summed E-state index contributed by atoms with van der Waals surface area (Å²) in [5.74, 6) is 7.34. The van der Waals surface area contributed by atoms with Gasteiger partial charge in [-0.2, -0.15) is 0 Å². The van der Waals surface area contributed by atoms with Crippen LogP contribution in [0.15, 0.2) is 98.1 Å². The number of amides is 1. The summed E-state index contributed by atoms with van der Waals surface area (Å²) in [4.78, 5) is 29.0. The van der Waals surface area contributed by atoms with Crippen molar-refractivity contribution in [2.24, 2.45) is 0 Å². The van der Waals surface area contributed by atoms with Gasteiger partial charge in [-0.25, -0.2) is 14.8 Å². The molecule has 0 saturated carbocycles. The van der Waals surface area contributed by atoms with Crippen LogP contribution in [-0.4, -0.2) is 48.4 Å². The monoisotopic (exact) mass is 583 g/mol. The van der Waals surface area contributed by atoms with Crippen molar-refractivity contribution in [2.45, 2.75) is 25.4 Å². The third kappa shape index (κ3) is 6.58. The molecule has 0 aliphatic carbocycles. The number of benzene rings is 2. The zero-order chi connectivity index (χ0) is 30.3. The topological polar surface area (TPSA) is 141 Å². The molecule has 218 valence electrons. The molecular weight excluding hydrogens is 554 g/mol. The maximum atomic E-state index is 11.4. The number of nitrogens with two attached hydrogens (primary N) is 1. The molecule has 0 aliphatic rings. The van der Waals surface area contributed by atoms with E-state index in [1.807, 2.05) is 65.4 Å². The molecule has 0 bridgehead atoms. The Balaban J connectivity index is 1.27. The molecule has 0 aliphatic heterocycles. The number of imidazole rings is 1. The Kier molecular flexibility index (Phi) is 8.27. The molecule has 10 nitrogen and oxygen atoms in total. The van der Waals surface area contributed by atoms with Crippen LogP contribution in [0.3, 0.4) is 0 Å². The highest BCUT2D eigenvalue weighted by Crippen LogP contribution is 2.36. The fourth-order valence-corrected chi connectivity index (χ4v) is 5.08. The lowest BCUT2D eigenvalue weighted by Gasteiger charge is -2.18. The molecule has 1 amide bonds. The van der Waals surface area contributed by atoms with Crippen molar-refractivity contribution in [3.63, 3.8) is 0 Å². The van der Waals surface area contributed by atoms with Crippen molar-refractivity contribution >= 4 is 33.6 Å². The van der Waals surface area contributed by atoms with E-state index in [1.54, 1.807) is 37.3 Å². The van der Waals surface area contributed by atoms with Gasteiger partial charge in [-0.1, -0.05) is 48.2 Å². The molecule has 6 aromatic rings. The second-order valence-electron chi connectivity index (χ2n) is 10.2. The SMILES string of the molecule is Nc1ncc(-c2cncc(OC[C@H](Cc3ccccc3)NC(=O)O)c2)c2c1cnc1cc(C#CCCn3ccnc3)ccc12. The van der Waals surface area contributed by atoms with Crippen LogP contribution in [0.1, 0.15) is 17.5 Å². The Morgan fingerprint density at radius 2 is 1.91 bits per heavy atom. The van der Waals surface area contributed by atoms with E-state index in [4.69, 9.17) is 10.5 Å². The minimum Gasteiger partial charge on any atom is -0.490 e. The highest BCUT2D eigenvalue weighted by Gasteiger charge is 2.16. The van der Waals surface area contributed by atoms with Crippen molar-refractivity contribution in [1.82, 2.24) is 29.8 Å². The van der Waals surface area contributed by atoms with Gasteiger partial charge in [0.2, 0.25) is 0 Å². The lowest BCUT2D eigenvalue weighted by atomic mass is 9.98. The Morgan fingerprint density at radius 3 is 2.73 bits per heavy atom. The lowest BCUT2D eigenvalue weighted by molar-refractivity contribution is 0.180. The van der Waals surface area contributed by atoms with E-state index in [0.29, 0.717) is 24.4 Å². The average molecular weight is 584 g/mol. The number of hydrogen-bond acceptors (Lipinski definition) is 7. The summed E-state index contributed by atoms with van der Waals surface area (Å²) in [6.45, 7) is 0.908. The number of nitrogens with zero attached hydrogens (tertiary/aromatic N) is 5. The third-order valence-corrected chi connectivity index (χ3v) is 7.16. The van der Waals surface area contributed by atoms with Gasteiger partial charge in [0, 0.05) is 76.8 Å². The molecule has 4 aromatic heterocycles. The number of hydrogen-bond donors (Lipinski definition) is 3. The third-order valence-electron chi connectivity index (χ3n) is 7.16. The van der Waals surface area contributed by atoms with Gasteiger partial charge in [-0.15, -0.1) is 0 Å². The number of rotatable bonds is 9. The summed E-state index contributed by atoms with van der Waals surface area (Å²) in [6, 6.07) is 17.0. The standard InChI is InChI=1S/C34H29N7O3/c35-33-30-20-38-31-15-24(8-4-5-12-41-13-11-36-22-41)9-10-28(31)32(30)29(19-39-33)25-16-27(18-37-17-25)44-21-26(40-34(42)43)14-23-6-2-1-3-7-23/h1-3,6-7,9-11,13,15-20,22,26,40H,5,12,14,21H2,(H2,35,39)(H,42,43)/t26-/m0/s1. The van der Waals surface area contributed by atoms with Gasteiger partial charge < -0.3 is 25.5 Å². The lowest BCUT2D eigenvalue weighted by Crippen LogP contribution is -2.39. The maximum Gasteiger partial charge on any atom is 0.405 e. The van der Waals surface area contributed by atoms with Gasteiger partial charge in [0.1, 0.15) is 18.2 Å². The highest BCUT2D eigenvalue weighted by atomic mass is 16.5. The van der Waals surface area contributed by atoms with Crippen LogP contribution in [0, 0.1) is 11.8 Å². The number of fused-ring (bicyclic) bond motifs is 3. The van der Waals surface area contributed by atoms with Crippen LogP contribution in [0.4, 0.5) is 10.6 Å². The zero-order valence-corrected chi connectivity index (χ0v) is 23.7. The van der Waals surface area contributed by atoms with E-state index >= 15 is 0 Å². The summed E-state index contributed by atoms with van der Waals surface area (Å²) in [6.07, 6.45) is 12.3. The van der Waals surface area contributed by atoms with Gasteiger partial charge in [-0.05, 0) is 30.2 Å². The number of carbonyl (C=O) groups is 1. The number of aromatic nitrogens is 5. The molecule has 0 unspecified atom stereocenters. The first-order valence-corrected chi connectivity index (χ1v) is 14.1. The van der Waals surface area contributed by atoms with Gasteiger partial charge >= 0.3 is 6.09 Å². The summed E-state index contributed by atoms with van der Waals surface area (Å²) >= 11 is 0. The van der Waals surface area contributed by atoms with Gasteiger partial charge in [0.05, 0.1) is 24.1 Å². The summed E-state index contributed by atoms with van der Waals surface area (Å²) in [7, 11) is 0. The summed E-state index contributed by atoms with van der Waals surface area (Å²) in [5.41, 5.74) is 10.5. The molecule has 0 fully saturated rings. The second kappa shape index (κ2) is 12.9. The first kappa shape index (κ1) is 28.2. The summed E-state index contributed by atoms with van der Waals surface area (Å²) in [5, 5.41) is 14.4. The van der Waals surface area contributed by atoms with E-state index in [0.717, 1.165) is 50.5 Å². The van der Waals surface area contributed by atoms with E-state index in [-0.39, 0.29) is 6.61 Å². The first-order chi connectivity index (χ1) is 21.5. The fourth-order valence-electron chi connectivity index (χ4n) is 5.08. The minimum absolute atomic E-state index is 0.131. The highest BCUT2D eigenvalue weighted by molar-refractivity contribution is 6.15. The molecule has 1 atom stereocenters. The first-order valence-electron chi connectivity index (χ1n) is 14.1. The molecule has 6 rings (SSSR count). The van der Waals surface area contributed by atoms with Crippen LogP contribution in [-0.2, 0) is 13.0 Å². The number of pyridine rings is 3. The van der Waals surface area contributed by atoms with Crippen molar-refractivity contribution in [1.29, 1.82) is 0 Å².